The maximum absolute atomic E-state index is 9.66. The van der Waals surface area contributed by atoms with Gasteiger partial charge in [0.05, 0.1) is 6.10 Å². The number of aliphatic hydroxyl groups excluding tert-OH is 1. The van der Waals surface area contributed by atoms with Crippen LogP contribution in [0.5, 0.6) is 0 Å². The van der Waals surface area contributed by atoms with Crippen LogP contribution in [0.1, 0.15) is 26.2 Å². The molecule has 0 aromatic rings. The molecule has 0 heterocycles. The fourth-order valence-electron chi connectivity index (χ4n) is 2.65. The lowest BCUT2D eigenvalue weighted by Crippen LogP contribution is -2.20. The van der Waals surface area contributed by atoms with Gasteiger partial charge in [-0.1, -0.05) is 19.1 Å². The molecule has 1 saturated carbocycles. The third-order valence-electron chi connectivity index (χ3n) is 3.28. The van der Waals surface area contributed by atoms with Gasteiger partial charge >= 0.3 is 0 Å². The number of allylic oxidation sites excluding steroid dienone is 2. The average molecular weight is 152 g/mol. The van der Waals surface area contributed by atoms with Crippen molar-refractivity contribution in [3.8, 4) is 0 Å². The van der Waals surface area contributed by atoms with Crippen molar-refractivity contribution in [1.29, 1.82) is 0 Å². The molecule has 0 bridgehead atoms. The topological polar surface area (TPSA) is 20.2 Å². The molecule has 0 aliphatic heterocycles. The van der Waals surface area contributed by atoms with Gasteiger partial charge in [-0.3, -0.25) is 0 Å². The monoisotopic (exact) mass is 152 g/mol. The van der Waals surface area contributed by atoms with E-state index in [-0.39, 0.29) is 6.10 Å². The SMILES string of the molecule is CC1CC(O)C2CCC=CC12. The highest BCUT2D eigenvalue weighted by Crippen LogP contribution is 2.42. The van der Waals surface area contributed by atoms with E-state index >= 15 is 0 Å². The minimum absolute atomic E-state index is 0.0139. The van der Waals surface area contributed by atoms with Gasteiger partial charge in [-0.2, -0.15) is 0 Å². The second-order valence-corrected chi connectivity index (χ2v) is 4.03. The van der Waals surface area contributed by atoms with Gasteiger partial charge in [-0.15, -0.1) is 0 Å². The predicted molar refractivity (Wildman–Crippen MR) is 45.1 cm³/mol. The van der Waals surface area contributed by atoms with Gasteiger partial charge in [0.1, 0.15) is 0 Å². The summed E-state index contributed by atoms with van der Waals surface area (Å²) in [5.41, 5.74) is 0. The Bertz CT molecular complexity index is 174. The van der Waals surface area contributed by atoms with Crippen molar-refractivity contribution in [3.05, 3.63) is 12.2 Å². The lowest BCUT2D eigenvalue weighted by molar-refractivity contribution is 0.117. The summed E-state index contributed by atoms with van der Waals surface area (Å²) < 4.78 is 0. The van der Waals surface area contributed by atoms with Gasteiger partial charge in [0.25, 0.3) is 0 Å². The standard InChI is InChI=1S/C10H16O/c1-7-6-10(11)9-5-3-2-4-8(7)9/h2,4,7-11H,3,5-6H2,1H3. The number of rotatable bonds is 0. The van der Waals surface area contributed by atoms with Crippen molar-refractivity contribution in [2.75, 3.05) is 0 Å². The van der Waals surface area contributed by atoms with E-state index < -0.39 is 0 Å². The fourth-order valence-corrected chi connectivity index (χ4v) is 2.65. The van der Waals surface area contributed by atoms with Gasteiger partial charge in [0.2, 0.25) is 0 Å². The normalized spacial score (nSPS) is 49.3. The van der Waals surface area contributed by atoms with Crippen molar-refractivity contribution >= 4 is 0 Å². The van der Waals surface area contributed by atoms with Gasteiger partial charge in [0.15, 0.2) is 0 Å². The van der Waals surface area contributed by atoms with Crippen LogP contribution >= 0.6 is 0 Å². The first-order valence-electron chi connectivity index (χ1n) is 4.64. The number of hydrogen-bond donors (Lipinski definition) is 1. The third-order valence-corrected chi connectivity index (χ3v) is 3.28. The van der Waals surface area contributed by atoms with E-state index in [1.165, 1.54) is 12.8 Å². The van der Waals surface area contributed by atoms with Crippen LogP contribution < -0.4 is 0 Å². The summed E-state index contributed by atoms with van der Waals surface area (Å²) in [5, 5.41) is 9.66. The molecule has 1 heteroatoms. The fraction of sp³-hybridized carbons (Fsp3) is 0.800. The molecule has 1 fully saturated rings. The van der Waals surface area contributed by atoms with Crippen molar-refractivity contribution in [2.45, 2.75) is 32.3 Å². The molecule has 0 aromatic heterocycles. The Morgan fingerprint density at radius 2 is 2.27 bits per heavy atom. The predicted octanol–water partition coefficient (Wildman–Crippen LogP) is 1.97. The minimum atomic E-state index is -0.0139. The first-order chi connectivity index (χ1) is 5.29. The molecule has 0 saturated heterocycles. The summed E-state index contributed by atoms with van der Waals surface area (Å²) in [6.45, 7) is 2.25. The average Bonchev–Trinajstić information content (AvgIpc) is 2.30. The summed E-state index contributed by atoms with van der Waals surface area (Å²) >= 11 is 0. The van der Waals surface area contributed by atoms with E-state index in [1.54, 1.807) is 0 Å². The van der Waals surface area contributed by atoms with Gasteiger partial charge in [-0.05, 0) is 37.0 Å². The first kappa shape index (κ1) is 7.35. The van der Waals surface area contributed by atoms with Crippen LogP contribution in [0.15, 0.2) is 12.2 Å². The second kappa shape index (κ2) is 2.63. The Labute approximate surface area is 68.1 Å². The number of fused-ring (bicyclic) bond motifs is 1. The summed E-state index contributed by atoms with van der Waals surface area (Å²) in [6, 6.07) is 0. The zero-order valence-corrected chi connectivity index (χ0v) is 7.03. The Kier molecular flexibility index (Phi) is 1.76. The maximum Gasteiger partial charge on any atom is 0.0577 e. The molecule has 0 aromatic carbocycles. The smallest absolute Gasteiger partial charge is 0.0577 e. The van der Waals surface area contributed by atoms with Crippen LogP contribution in [0.2, 0.25) is 0 Å². The zero-order valence-electron chi connectivity index (χ0n) is 7.03. The molecule has 62 valence electrons. The first-order valence-corrected chi connectivity index (χ1v) is 4.64. The van der Waals surface area contributed by atoms with Crippen LogP contribution in [0, 0.1) is 17.8 Å². The minimum Gasteiger partial charge on any atom is -0.393 e. The van der Waals surface area contributed by atoms with Crippen LogP contribution in [0.4, 0.5) is 0 Å². The summed E-state index contributed by atoms with van der Waals surface area (Å²) in [6.07, 6.45) is 7.96. The van der Waals surface area contributed by atoms with E-state index in [4.69, 9.17) is 0 Å². The third kappa shape index (κ3) is 1.12. The molecule has 4 atom stereocenters. The van der Waals surface area contributed by atoms with E-state index in [1.807, 2.05) is 0 Å². The summed E-state index contributed by atoms with van der Waals surface area (Å²) in [5.74, 6) is 1.96. The van der Waals surface area contributed by atoms with Crippen LogP contribution in [-0.2, 0) is 0 Å². The molecule has 1 nitrogen and oxygen atoms in total. The van der Waals surface area contributed by atoms with Crippen LogP contribution in [-0.4, -0.2) is 11.2 Å². The van der Waals surface area contributed by atoms with E-state index in [2.05, 4.69) is 19.1 Å². The number of hydrogen-bond acceptors (Lipinski definition) is 1. The maximum atomic E-state index is 9.66. The highest BCUT2D eigenvalue weighted by Gasteiger charge is 2.39. The Hall–Kier alpha value is -0.300. The Morgan fingerprint density at radius 1 is 1.45 bits per heavy atom. The molecular weight excluding hydrogens is 136 g/mol. The lowest BCUT2D eigenvalue weighted by atomic mass is 9.83. The molecule has 11 heavy (non-hydrogen) atoms. The second-order valence-electron chi connectivity index (χ2n) is 4.03. The molecule has 4 unspecified atom stereocenters. The van der Waals surface area contributed by atoms with Crippen molar-refractivity contribution in [3.63, 3.8) is 0 Å². The van der Waals surface area contributed by atoms with Crippen LogP contribution in [0.3, 0.4) is 0 Å². The molecular formula is C10H16O. The van der Waals surface area contributed by atoms with Crippen molar-refractivity contribution in [2.24, 2.45) is 17.8 Å². The quantitative estimate of drug-likeness (QED) is 0.526. The Morgan fingerprint density at radius 3 is 3.00 bits per heavy atom. The molecule has 2 rings (SSSR count). The van der Waals surface area contributed by atoms with E-state index in [0.717, 1.165) is 6.42 Å². The lowest BCUT2D eigenvalue weighted by Gasteiger charge is -2.23. The highest BCUT2D eigenvalue weighted by atomic mass is 16.3. The summed E-state index contributed by atoms with van der Waals surface area (Å²) in [4.78, 5) is 0. The number of aliphatic hydroxyl groups is 1. The molecule has 2 aliphatic rings. The molecule has 1 N–H and O–H groups in total. The van der Waals surface area contributed by atoms with Gasteiger partial charge in [-0.25, -0.2) is 0 Å². The van der Waals surface area contributed by atoms with Crippen molar-refractivity contribution in [1.82, 2.24) is 0 Å². The summed E-state index contributed by atoms with van der Waals surface area (Å²) in [7, 11) is 0. The zero-order chi connectivity index (χ0) is 7.84. The Balaban J connectivity index is 2.17. The highest BCUT2D eigenvalue weighted by molar-refractivity contribution is 5.04. The van der Waals surface area contributed by atoms with Gasteiger partial charge in [0, 0.05) is 0 Å². The molecule has 0 spiro atoms. The molecule has 2 aliphatic carbocycles. The van der Waals surface area contributed by atoms with Crippen molar-refractivity contribution < 1.29 is 5.11 Å². The van der Waals surface area contributed by atoms with Crippen LogP contribution in [0.25, 0.3) is 0 Å². The molecule has 0 amide bonds. The van der Waals surface area contributed by atoms with Gasteiger partial charge < -0.3 is 5.11 Å². The van der Waals surface area contributed by atoms with E-state index in [9.17, 15) is 5.11 Å². The molecule has 0 radical (unpaired) electrons. The van der Waals surface area contributed by atoms with E-state index in [0.29, 0.717) is 17.8 Å². The largest absolute Gasteiger partial charge is 0.393 e.